The summed E-state index contributed by atoms with van der Waals surface area (Å²) in [5.74, 6) is -1.72. The van der Waals surface area contributed by atoms with Crippen molar-refractivity contribution in [3.05, 3.63) is 29.6 Å². The number of aliphatic carboxylic acids is 1. The lowest BCUT2D eigenvalue weighted by Gasteiger charge is -2.14. The molecule has 0 spiro atoms. The van der Waals surface area contributed by atoms with E-state index in [0.717, 1.165) is 6.07 Å². The average Bonchev–Trinajstić information content (AvgIpc) is 2.33. The quantitative estimate of drug-likeness (QED) is 0.643. The number of hydrogen-bond acceptors (Lipinski definition) is 3. The summed E-state index contributed by atoms with van der Waals surface area (Å²) in [6.07, 6.45) is -0.106. The Morgan fingerprint density at radius 1 is 1.42 bits per heavy atom. The predicted molar refractivity (Wildman–Crippen MR) is 66.4 cm³/mol. The highest BCUT2D eigenvalue weighted by Gasteiger charge is 2.19. The summed E-state index contributed by atoms with van der Waals surface area (Å²) < 4.78 is 13.2. The van der Waals surface area contributed by atoms with E-state index in [1.165, 1.54) is 12.1 Å². The molecule has 0 heterocycles. The zero-order chi connectivity index (χ0) is 14.4. The third-order valence-corrected chi connectivity index (χ3v) is 2.45. The van der Waals surface area contributed by atoms with Crippen molar-refractivity contribution in [2.24, 2.45) is 0 Å². The molecule has 2 amide bonds. The van der Waals surface area contributed by atoms with E-state index in [1.54, 1.807) is 6.92 Å². The Bertz CT molecular complexity index is 479. The van der Waals surface area contributed by atoms with Crippen molar-refractivity contribution in [1.82, 2.24) is 5.32 Å². The van der Waals surface area contributed by atoms with Crippen LogP contribution >= 0.6 is 0 Å². The maximum Gasteiger partial charge on any atom is 0.326 e. The third kappa shape index (κ3) is 4.55. The minimum Gasteiger partial charge on any atom is -0.480 e. The lowest BCUT2D eigenvalue weighted by atomic mass is 10.2. The fourth-order valence-corrected chi connectivity index (χ4v) is 1.38. The first-order chi connectivity index (χ1) is 8.93. The number of carboxylic acids is 1. The fraction of sp³-hybridized carbons (Fsp3) is 0.333. The SMILES string of the molecule is Cc1ccc(NC(=O)N[C@H](CCO)C(=O)O)cc1F. The van der Waals surface area contributed by atoms with Crippen LogP contribution in [0.3, 0.4) is 0 Å². The highest BCUT2D eigenvalue weighted by atomic mass is 19.1. The molecule has 0 bridgehead atoms. The second-order valence-corrected chi connectivity index (χ2v) is 3.97. The van der Waals surface area contributed by atoms with Crippen LogP contribution in [0.15, 0.2) is 18.2 Å². The van der Waals surface area contributed by atoms with Crippen LogP contribution in [-0.4, -0.2) is 34.9 Å². The van der Waals surface area contributed by atoms with Gasteiger partial charge in [-0.05, 0) is 24.6 Å². The lowest BCUT2D eigenvalue weighted by Crippen LogP contribution is -2.43. The third-order valence-electron chi connectivity index (χ3n) is 2.45. The predicted octanol–water partition coefficient (Wildman–Crippen LogP) is 1.09. The fourth-order valence-electron chi connectivity index (χ4n) is 1.38. The minimum absolute atomic E-state index is 0.106. The zero-order valence-electron chi connectivity index (χ0n) is 10.3. The standard InChI is InChI=1S/C12H15FN2O4/c1-7-2-3-8(6-9(7)13)14-12(19)15-10(4-5-16)11(17)18/h2-3,6,10,16H,4-5H2,1H3,(H,17,18)(H2,14,15,19)/t10-/m1/s1. The van der Waals surface area contributed by atoms with Crippen molar-refractivity contribution in [2.45, 2.75) is 19.4 Å². The molecule has 1 rings (SSSR count). The highest BCUT2D eigenvalue weighted by molar-refractivity contribution is 5.92. The van der Waals surface area contributed by atoms with Crippen molar-refractivity contribution >= 4 is 17.7 Å². The van der Waals surface area contributed by atoms with E-state index in [9.17, 15) is 14.0 Å². The summed E-state index contributed by atoms with van der Waals surface area (Å²) in [4.78, 5) is 22.3. The summed E-state index contributed by atoms with van der Waals surface area (Å²) in [6, 6.07) is 2.16. The molecule has 6 nitrogen and oxygen atoms in total. The first kappa shape index (κ1) is 14.9. The maximum atomic E-state index is 13.2. The van der Waals surface area contributed by atoms with Crippen molar-refractivity contribution in [3.63, 3.8) is 0 Å². The van der Waals surface area contributed by atoms with Crippen LogP contribution in [0.1, 0.15) is 12.0 Å². The second kappa shape index (κ2) is 6.69. The Kier molecular flexibility index (Phi) is 5.25. The van der Waals surface area contributed by atoms with Gasteiger partial charge in [-0.1, -0.05) is 6.07 Å². The van der Waals surface area contributed by atoms with E-state index in [4.69, 9.17) is 10.2 Å². The van der Waals surface area contributed by atoms with Crippen molar-refractivity contribution in [3.8, 4) is 0 Å². The Morgan fingerprint density at radius 2 is 2.11 bits per heavy atom. The summed E-state index contributed by atoms with van der Waals surface area (Å²) >= 11 is 0. The number of benzene rings is 1. The molecule has 104 valence electrons. The van der Waals surface area contributed by atoms with Crippen LogP contribution < -0.4 is 10.6 Å². The number of aliphatic hydroxyl groups is 1. The van der Waals surface area contributed by atoms with Crippen LogP contribution in [0.5, 0.6) is 0 Å². The van der Waals surface area contributed by atoms with E-state index in [0.29, 0.717) is 5.56 Å². The number of amides is 2. The summed E-state index contributed by atoms with van der Waals surface area (Å²) in [7, 11) is 0. The van der Waals surface area contributed by atoms with Crippen molar-refractivity contribution in [2.75, 3.05) is 11.9 Å². The van der Waals surface area contributed by atoms with E-state index < -0.39 is 23.9 Å². The zero-order valence-corrected chi connectivity index (χ0v) is 10.3. The smallest absolute Gasteiger partial charge is 0.326 e. The molecule has 0 aliphatic rings. The van der Waals surface area contributed by atoms with Crippen LogP contribution in [0, 0.1) is 12.7 Å². The number of hydrogen-bond donors (Lipinski definition) is 4. The van der Waals surface area contributed by atoms with E-state index in [2.05, 4.69) is 10.6 Å². The molecule has 4 N–H and O–H groups in total. The van der Waals surface area contributed by atoms with Crippen LogP contribution in [0.25, 0.3) is 0 Å². The van der Waals surface area contributed by atoms with Gasteiger partial charge >= 0.3 is 12.0 Å². The molecule has 0 radical (unpaired) electrons. The van der Waals surface area contributed by atoms with E-state index in [1.807, 2.05) is 0 Å². The molecule has 0 aliphatic carbocycles. The van der Waals surface area contributed by atoms with Crippen LogP contribution in [-0.2, 0) is 4.79 Å². The van der Waals surface area contributed by atoms with Gasteiger partial charge in [0.1, 0.15) is 11.9 Å². The van der Waals surface area contributed by atoms with Gasteiger partial charge in [-0.3, -0.25) is 0 Å². The molecular formula is C12H15FN2O4. The molecular weight excluding hydrogens is 255 g/mol. The van der Waals surface area contributed by atoms with Gasteiger partial charge < -0.3 is 20.8 Å². The molecule has 0 fully saturated rings. The number of aliphatic hydroxyl groups excluding tert-OH is 1. The second-order valence-electron chi connectivity index (χ2n) is 3.97. The summed E-state index contributed by atoms with van der Waals surface area (Å²) in [6.45, 7) is 1.22. The topological polar surface area (TPSA) is 98.7 Å². The minimum atomic E-state index is -1.25. The molecule has 0 saturated carbocycles. The van der Waals surface area contributed by atoms with Crippen molar-refractivity contribution in [1.29, 1.82) is 0 Å². The molecule has 7 heteroatoms. The average molecular weight is 270 g/mol. The van der Waals surface area contributed by atoms with Gasteiger partial charge in [0.25, 0.3) is 0 Å². The first-order valence-corrected chi connectivity index (χ1v) is 5.61. The van der Waals surface area contributed by atoms with Gasteiger partial charge in [-0.2, -0.15) is 0 Å². The normalized spacial score (nSPS) is 11.7. The maximum absolute atomic E-state index is 13.2. The van der Waals surface area contributed by atoms with Gasteiger partial charge in [0, 0.05) is 18.7 Å². The van der Waals surface area contributed by atoms with E-state index in [-0.39, 0.29) is 18.7 Å². The molecule has 1 aromatic rings. The lowest BCUT2D eigenvalue weighted by molar-refractivity contribution is -0.139. The van der Waals surface area contributed by atoms with Gasteiger partial charge in [-0.15, -0.1) is 0 Å². The number of anilines is 1. The van der Waals surface area contributed by atoms with Crippen molar-refractivity contribution < 1.29 is 24.2 Å². The number of carboxylic acid groups (broad SMARTS) is 1. The van der Waals surface area contributed by atoms with Crippen LogP contribution in [0.2, 0.25) is 0 Å². The first-order valence-electron chi connectivity index (χ1n) is 5.61. The number of urea groups is 1. The van der Waals surface area contributed by atoms with E-state index >= 15 is 0 Å². The molecule has 0 saturated heterocycles. The summed E-state index contributed by atoms with van der Waals surface area (Å²) in [5.41, 5.74) is 0.656. The van der Waals surface area contributed by atoms with Gasteiger partial charge in [0.2, 0.25) is 0 Å². The number of carbonyl (C=O) groups excluding carboxylic acids is 1. The highest BCUT2D eigenvalue weighted by Crippen LogP contribution is 2.13. The molecule has 19 heavy (non-hydrogen) atoms. The monoisotopic (exact) mass is 270 g/mol. The Hall–Kier alpha value is -2.15. The molecule has 0 unspecified atom stereocenters. The Balaban J connectivity index is 2.63. The number of halogens is 1. The number of aryl methyl sites for hydroxylation is 1. The number of rotatable bonds is 5. The van der Waals surface area contributed by atoms with Gasteiger partial charge in [0.15, 0.2) is 0 Å². The van der Waals surface area contributed by atoms with Gasteiger partial charge in [0.05, 0.1) is 0 Å². The Morgan fingerprint density at radius 3 is 2.63 bits per heavy atom. The van der Waals surface area contributed by atoms with Crippen LogP contribution in [0.4, 0.5) is 14.9 Å². The molecule has 0 aromatic heterocycles. The summed E-state index contributed by atoms with van der Waals surface area (Å²) in [5, 5.41) is 21.9. The molecule has 1 aromatic carbocycles. The number of carbonyl (C=O) groups is 2. The number of nitrogens with one attached hydrogen (secondary N) is 2. The molecule has 1 atom stereocenters. The Labute approximate surface area is 109 Å². The molecule has 0 aliphatic heterocycles. The van der Waals surface area contributed by atoms with Gasteiger partial charge in [-0.25, -0.2) is 14.0 Å². The largest absolute Gasteiger partial charge is 0.480 e.